The minimum Gasteiger partial charge on any atom is -0.310 e. The van der Waals surface area contributed by atoms with E-state index in [2.05, 4.69) is 5.32 Å². The molecule has 5 heteroatoms. The van der Waals surface area contributed by atoms with Gasteiger partial charge in [-0.2, -0.15) is 0 Å². The average Bonchev–Trinajstić information content (AvgIpc) is 3.25. The molecule has 0 radical (unpaired) electrons. The third kappa shape index (κ3) is 3.65. The van der Waals surface area contributed by atoms with Gasteiger partial charge in [0.25, 0.3) is 0 Å². The molecule has 2 aliphatic rings. The Labute approximate surface area is 127 Å². The first-order valence-electron chi connectivity index (χ1n) is 7.84. The van der Waals surface area contributed by atoms with Crippen LogP contribution in [0, 0.1) is 5.92 Å². The molecule has 0 amide bonds. The van der Waals surface area contributed by atoms with Crippen molar-refractivity contribution in [2.45, 2.75) is 49.6 Å². The summed E-state index contributed by atoms with van der Waals surface area (Å²) in [4.78, 5) is 0.402. The Morgan fingerprint density at radius 1 is 1.14 bits per heavy atom. The van der Waals surface area contributed by atoms with Crippen molar-refractivity contribution in [2.24, 2.45) is 5.92 Å². The lowest BCUT2D eigenvalue weighted by Gasteiger charge is -2.29. The van der Waals surface area contributed by atoms with E-state index in [1.165, 1.54) is 23.6 Å². The van der Waals surface area contributed by atoms with E-state index in [1.54, 1.807) is 19.2 Å². The normalized spacial score (nSPS) is 19.7. The summed E-state index contributed by atoms with van der Waals surface area (Å²) in [6, 6.07) is 7.97. The van der Waals surface area contributed by atoms with Crippen molar-refractivity contribution in [3.63, 3.8) is 0 Å². The highest BCUT2D eigenvalue weighted by Gasteiger charge is 2.26. The van der Waals surface area contributed by atoms with Crippen LogP contribution >= 0.6 is 0 Å². The quantitative estimate of drug-likeness (QED) is 0.841. The van der Waals surface area contributed by atoms with Crippen LogP contribution in [0.5, 0.6) is 0 Å². The lowest BCUT2D eigenvalue weighted by atomic mass is 9.86. The van der Waals surface area contributed by atoms with Crippen molar-refractivity contribution in [1.29, 1.82) is 0 Å². The molecule has 0 unspecified atom stereocenters. The van der Waals surface area contributed by atoms with E-state index in [0.717, 1.165) is 24.9 Å². The minimum absolute atomic E-state index is 0.402. The van der Waals surface area contributed by atoms with Gasteiger partial charge in [-0.3, -0.25) is 0 Å². The van der Waals surface area contributed by atoms with E-state index in [-0.39, 0.29) is 0 Å². The molecule has 0 aliphatic heterocycles. The van der Waals surface area contributed by atoms with Crippen LogP contribution in [-0.2, 0) is 16.6 Å². The number of nitrogens with one attached hydrogen (secondary N) is 1. The van der Waals surface area contributed by atoms with E-state index in [9.17, 15) is 8.42 Å². The Kier molecular flexibility index (Phi) is 4.33. The summed E-state index contributed by atoms with van der Waals surface area (Å²) in [5.41, 5.74) is 1.14. The molecule has 2 fully saturated rings. The Morgan fingerprint density at radius 3 is 2.33 bits per heavy atom. The predicted octanol–water partition coefficient (Wildman–Crippen LogP) is 2.36. The predicted molar refractivity (Wildman–Crippen MR) is 83.5 cm³/mol. The zero-order chi connectivity index (χ0) is 14.9. The molecule has 4 nitrogen and oxygen atoms in total. The topological polar surface area (TPSA) is 49.4 Å². The minimum atomic E-state index is -3.33. The highest BCUT2D eigenvalue weighted by molar-refractivity contribution is 7.89. The molecular weight excluding hydrogens is 284 g/mol. The summed E-state index contributed by atoms with van der Waals surface area (Å²) < 4.78 is 26.5. The molecule has 0 spiro atoms. The van der Waals surface area contributed by atoms with Crippen LogP contribution in [0.3, 0.4) is 0 Å². The van der Waals surface area contributed by atoms with Crippen LogP contribution in [0.4, 0.5) is 0 Å². The summed E-state index contributed by atoms with van der Waals surface area (Å²) in [6.45, 7) is 1.47. The Bertz CT molecular complexity index is 575. The third-order valence-corrected chi connectivity index (χ3v) is 6.38. The van der Waals surface area contributed by atoms with Crippen LogP contribution in [0.2, 0.25) is 0 Å². The van der Waals surface area contributed by atoms with Gasteiger partial charge in [0.2, 0.25) is 10.0 Å². The molecule has 2 aliphatic carbocycles. The zero-order valence-corrected chi connectivity index (χ0v) is 13.4. The number of hydrogen-bond donors (Lipinski definition) is 1. The number of sulfonamides is 1. The Hall–Kier alpha value is -0.910. The van der Waals surface area contributed by atoms with Gasteiger partial charge in [-0.25, -0.2) is 12.7 Å². The van der Waals surface area contributed by atoms with Crippen LogP contribution in [-0.4, -0.2) is 32.4 Å². The maximum atomic E-state index is 12.5. The van der Waals surface area contributed by atoms with Gasteiger partial charge in [0, 0.05) is 26.2 Å². The number of hydrogen-bond acceptors (Lipinski definition) is 3. The van der Waals surface area contributed by atoms with Crippen molar-refractivity contribution < 1.29 is 8.42 Å². The fourth-order valence-electron chi connectivity index (χ4n) is 2.65. The van der Waals surface area contributed by atoms with Gasteiger partial charge in [0.1, 0.15) is 0 Å². The lowest BCUT2D eigenvalue weighted by molar-refractivity contribution is 0.263. The Morgan fingerprint density at radius 2 is 1.81 bits per heavy atom. The van der Waals surface area contributed by atoms with E-state index < -0.39 is 10.0 Å². The Balaban J connectivity index is 1.62. The SMILES string of the molecule is CN(CC1CCC1)S(=O)(=O)c1ccc(CNC2CC2)cc1. The van der Waals surface area contributed by atoms with Gasteiger partial charge in [0.05, 0.1) is 4.90 Å². The molecule has 1 aromatic carbocycles. The summed E-state index contributed by atoms with van der Waals surface area (Å²) in [7, 11) is -1.64. The second-order valence-electron chi connectivity index (χ2n) is 6.38. The van der Waals surface area contributed by atoms with Crippen LogP contribution < -0.4 is 5.32 Å². The summed E-state index contributed by atoms with van der Waals surface area (Å²) in [5.74, 6) is 0.548. The summed E-state index contributed by atoms with van der Waals surface area (Å²) >= 11 is 0. The highest BCUT2D eigenvalue weighted by Crippen LogP contribution is 2.28. The molecule has 3 rings (SSSR count). The van der Waals surface area contributed by atoms with E-state index in [0.29, 0.717) is 23.4 Å². The molecule has 0 atom stereocenters. The van der Waals surface area contributed by atoms with Gasteiger partial charge in [-0.05, 0) is 49.3 Å². The monoisotopic (exact) mass is 308 g/mol. The molecule has 116 valence electrons. The molecule has 0 aromatic heterocycles. The standard InChI is InChI=1S/C16H24N2O2S/c1-18(12-14-3-2-4-14)21(19,20)16-9-5-13(6-10-16)11-17-15-7-8-15/h5-6,9-10,14-15,17H,2-4,7-8,11-12H2,1H3. The third-order valence-electron chi connectivity index (χ3n) is 4.54. The van der Waals surface area contributed by atoms with E-state index in [1.807, 2.05) is 12.1 Å². The number of benzene rings is 1. The molecule has 0 saturated heterocycles. The van der Waals surface area contributed by atoms with Gasteiger partial charge < -0.3 is 5.32 Å². The molecule has 1 N–H and O–H groups in total. The second kappa shape index (κ2) is 6.07. The van der Waals surface area contributed by atoms with Crippen LogP contribution in [0.25, 0.3) is 0 Å². The summed E-state index contributed by atoms with van der Waals surface area (Å²) in [5, 5.41) is 3.44. The molecule has 1 aromatic rings. The van der Waals surface area contributed by atoms with Gasteiger partial charge in [-0.15, -0.1) is 0 Å². The smallest absolute Gasteiger partial charge is 0.242 e. The fraction of sp³-hybridized carbons (Fsp3) is 0.625. The molecule has 21 heavy (non-hydrogen) atoms. The summed E-state index contributed by atoms with van der Waals surface area (Å²) in [6.07, 6.45) is 6.08. The maximum Gasteiger partial charge on any atom is 0.242 e. The van der Waals surface area contributed by atoms with Crippen LogP contribution in [0.1, 0.15) is 37.7 Å². The maximum absolute atomic E-state index is 12.5. The van der Waals surface area contributed by atoms with Gasteiger partial charge in [-0.1, -0.05) is 18.6 Å². The zero-order valence-electron chi connectivity index (χ0n) is 12.6. The molecular formula is C16H24N2O2S. The fourth-order valence-corrected chi connectivity index (χ4v) is 3.89. The van der Waals surface area contributed by atoms with Crippen LogP contribution in [0.15, 0.2) is 29.2 Å². The molecule has 0 heterocycles. The number of rotatable bonds is 7. The highest BCUT2D eigenvalue weighted by atomic mass is 32.2. The van der Waals surface area contributed by atoms with E-state index >= 15 is 0 Å². The van der Waals surface area contributed by atoms with Crippen molar-refractivity contribution >= 4 is 10.0 Å². The molecule has 2 saturated carbocycles. The largest absolute Gasteiger partial charge is 0.310 e. The van der Waals surface area contributed by atoms with Gasteiger partial charge >= 0.3 is 0 Å². The first kappa shape index (κ1) is 15.0. The lowest BCUT2D eigenvalue weighted by Crippen LogP contribution is -2.34. The van der Waals surface area contributed by atoms with E-state index in [4.69, 9.17) is 0 Å². The van der Waals surface area contributed by atoms with Crippen molar-refractivity contribution in [3.8, 4) is 0 Å². The average molecular weight is 308 g/mol. The molecule has 0 bridgehead atoms. The number of nitrogens with zero attached hydrogens (tertiary/aromatic N) is 1. The first-order chi connectivity index (χ1) is 10.1. The van der Waals surface area contributed by atoms with Gasteiger partial charge in [0.15, 0.2) is 0 Å². The van der Waals surface area contributed by atoms with Crippen molar-refractivity contribution in [2.75, 3.05) is 13.6 Å². The second-order valence-corrected chi connectivity index (χ2v) is 8.43. The van der Waals surface area contributed by atoms with Crippen molar-refractivity contribution in [1.82, 2.24) is 9.62 Å². The first-order valence-corrected chi connectivity index (χ1v) is 9.28. The van der Waals surface area contributed by atoms with Crippen molar-refractivity contribution in [3.05, 3.63) is 29.8 Å².